The van der Waals surface area contributed by atoms with E-state index in [2.05, 4.69) is 30.7 Å². The van der Waals surface area contributed by atoms with Crippen molar-refractivity contribution < 1.29 is 9.84 Å². The van der Waals surface area contributed by atoms with Gasteiger partial charge in [0.1, 0.15) is 5.75 Å². The van der Waals surface area contributed by atoms with E-state index in [0.717, 1.165) is 31.6 Å². The van der Waals surface area contributed by atoms with E-state index in [1.165, 1.54) is 44.1 Å². The molecule has 2 rings (SSSR count). The summed E-state index contributed by atoms with van der Waals surface area (Å²) >= 11 is 0. The quantitative estimate of drug-likeness (QED) is 0.543. The van der Waals surface area contributed by atoms with E-state index in [1.54, 1.807) is 0 Å². The predicted octanol–water partition coefficient (Wildman–Crippen LogP) is 4.87. The highest BCUT2D eigenvalue weighted by atomic mass is 16.6. The van der Waals surface area contributed by atoms with Crippen LogP contribution in [0.4, 0.5) is 0 Å². The number of phenolic OH excluding ortho intramolecular Hbond substituents is 1. The number of epoxide rings is 1. The third-order valence-electron chi connectivity index (χ3n) is 3.47. The first-order chi connectivity index (χ1) is 9.77. The Kier molecular flexibility index (Phi) is 9.14. The molecule has 1 aromatic carbocycles. The van der Waals surface area contributed by atoms with Crippen LogP contribution in [0.2, 0.25) is 0 Å². The van der Waals surface area contributed by atoms with Crippen molar-refractivity contribution in [2.45, 2.75) is 65.2 Å². The molecule has 1 aliphatic rings. The molecule has 1 fully saturated rings. The Balaban J connectivity index is 0.000000584. The summed E-state index contributed by atoms with van der Waals surface area (Å²) in [5, 5.41) is 9.81. The Morgan fingerprint density at radius 1 is 0.950 bits per heavy atom. The van der Waals surface area contributed by atoms with Crippen molar-refractivity contribution in [3.8, 4) is 5.75 Å². The number of benzene rings is 1. The fraction of sp³-hybridized carbons (Fsp3) is 0.667. The summed E-state index contributed by atoms with van der Waals surface area (Å²) < 4.78 is 4.50. The zero-order valence-electron chi connectivity index (χ0n) is 13.2. The standard InChI is InChI=1S/C16H26O.C2H4O/c1-3-5-7-9-14-11-12-16(17)15(13-14)10-8-6-4-2;1-2-3-1/h11-13,17H,3-10H2,1-2H3;1-2H2. The minimum Gasteiger partial charge on any atom is -0.508 e. The Hall–Kier alpha value is -1.02. The monoisotopic (exact) mass is 278 g/mol. The SMILES string of the molecule is C1CO1.CCCCCc1ccc(O)c(CCCCC)c1. The van der Waals surface area contributed by atoms with Crippen LogP contribution in [0.15, 0.2) is 18.2 Å². The first-order valence-corrected chi connectivity index (χ1v) is 8.16. The summed E-state index contributed by atoms with van der Waals surface area (Å²) in [6, 6.07) is 6.12. The number of hydrogen-bond acceptors (Lipinski definition) is 2. The molecule has 1 heterocycles. The molecule has 2 nitrogen and oxygen atoms in total. The maximum absolute atomic E-state index is 9.81. The van der Waals surface area contributed by atoms with Gasteiger partial charge in [-0.3, -0.25) is 0 Å². The molecule has 114 valence electrons. The summed E-state index contributed by atoms with van der Waals surface area (Å²) in [5.41, 5.74) is 2.51. The second-order valence-corrected chi connectivity index (χ2v) is 5.49. The van der Waals surface area contributed by atoms with Crippen molar-refractivity contribution >= 4 is 0 Å². The molecule has 2 heteroatoms. The number of ether oxygens (including phenoxy) is 1. The molecule has 1 saturated heterocycles. The van der Waals surface area contributed by atoms with E-state index in [4.69, 9.17) is 0 Å². The molecule has 0 aliphatic carbocycles. The Morgan fingerprint density at radius 2 is 1.55 bits per heavy atom. The van der Waals surface area contributed by atoms with Crippen LogP contribution >= 0.6 is 0 Å². The summed E-state index contributed by atoms with van der Waals surface area (Å²) in [5.74, 6) is 0.473. The summed E-state index contributed by atoms with van der Waals surface area (Å²) in [6.07, 6.45) is 9.65. The highest BCUT2D eigenvalue weighted by Crippen LogP contribution is 2.22. The molecule has 0 spiro atoms. The fourth-order valence-corrected chi connectivity index (χ4v) is 2.14. The molecule has 0 amide bonds. The van der Waals surface area contributed by atoms with Gasteiger partial charge in [-0.15, -0.1) is 0 Å². The van der Waals surface area contributed by atoms with Crippen LogP contribution in [0.25, 0.3) is 0 Å². The van der Waals surface area contributed by atoms with Gasteiger partial charge in [0.15, 0.2) is 0 Å². The number of phenols is 1. The van der Waals surface area contributed by atoms with Gasteiger partial charge in [-0.25, -0.2) is 0 Å². The lowest BCUT2D eigenvalue weighted by atomic mass is 10.0. The Morgan fingerprint density at radius 3 is 2.10 bits per heavy atom. The van der Waals surface area contributed by atoms with Crippen molar-refractivity contribution in [2.75, 3.05) is 13.2 Å². The third-order valence-corrected chi connectivity index (χ3v) is 3.47. The van der Waals surface area contributed by atoms with Gasteiger partial charge in [0.2, 0.25) is 0 Å². The lowest BCUT2D eigenvalue weighted by molar-refractivity contribution is 0.466. The minimum absolute atomic E-state index is 0.473. The van der Waals surface area contributed by atoms with E-state index in [9.17, 15) is 5.11 Å². The van der Waals surface area contributed by atoms with Gasteiger partial charge in [0.25, 0.3) is 0 Å². The highest BCUT2D eigenvalue weighted by molar-refractivity contribution is 5.36. The van der Waals surface area contributed by atoms with Crippen molar-refractivity contribution in [1.29, 1.82) is 0 Å². The van der Waals surface area contributed by atoms with Crippen LogP contribution in [0.1, 0.15) is 63.5 Å². The molecule has 0 atom stereocenters. The summed E-state index contributed by atoms with van der Waals surface area (Å²) in [7, 11) is 0. The molecule has 20 heavy (non-hydrogen) atoms. The predicted molar refractivity (Wildman–Crippen MR) is 85.4 cm³/mol. The lowest BCUT2D eigenvalue weighted by Gasteiger charge is -2.07. The second kappa shape index (κ2) is 10.7. The van der Waals surface area contributed by atoms with Gasteiger partial charge in [-0.2, -0.15) is 0 Å². The number of rotatable bonds is 8. The van der Waals surface area contributed by atoms with Gasteiger partial charge in [0.05, 0.1) is 13.2 Å². The summed E-state index contributed by atoms with van der Waals surface area (Å²) in [6.45, 7) is 6.44. The van der Waals surface area contributed by atoms with Crippen LogP contribution in [-0.4, -0.2) is 18.3 Å². The van der Waals surface area contributed by atoms with Crippen LogP contribution in [-0.2, 0) is 17.6 Å². The average Bonchev–Trinajstić information content (AvgIpc) is 3.31. The van der Waals surface area contributed by atoms with Gasteiger partial charge >= 0.3 is 0 Å². The fourth-order valence-electron chi connectivity index (χ4n) is 2.14. The topological polar surface area (TPSA) is 32.8 Å². The van der Waals surface area contributed by atoms with E-state index < -0.39 is 0 Å². The first-order valence-electron chi connectivity index (χ1n) is 8.16. The molecule has 1 aliphatic heterocycles. The lowest BCUT2D eigenvalue weighted by Crippen LogP contribution is -1.91. The minimum atomic E-state index is 0.473. The Bertz CT molecular complexity index is 356. The van der Waals surface area contributed by atoms with Gasteiger partial charge < -0.3 is 9.84 Å². The maximum Gasteiger partial charge on any atom is 0.118 e. The molecule has 1 aromatic rings. The van der Waals surface area contributed by atoms with Crippen LogP contribution in [0.5, 0.6) is 5.75 Å². The van der Waals surface area contributed by atoms with Crippen molar-refractivity contribution in [3.63, 3.8) is 0 Å². The molecule has 0 aromatic heterocycles. The smallest absolute Gasteiger partial charge is 0.118 e. The normalized spacial score (nSPS) is 12.7. The average molecular weight is 278 g/mol. The third kappa shape index (κ3) is 8.21. The van der Waals surface area contributed by atoms with Gasteiger partial charge in [-0.05, 0) is 42.9 Å². The molecule has 0 bridgehead atoms. The van der Waals surface area contributed by atoms with Crippen LogP contribution in [0, 0.1) is 0 Å². The van der Waals surface area contributed by atoms with Gasteiger partial charge in [-0.1, -0.05) is 51.7 Å². The van der Waals surface area contributed by atoms with Crippen molar-refractivity contribution in [3.05, 3.63) is 29.3 Å². The highest BCUT2D eigenvalue weighted by Gasteiger charge is 2.02. The maximum atomic E-state index is 9.81. The molecule has 0 unspecified atom stereocenters. The first kappa shape index (κ1) is 17.0. The number of unbranched alkanes of at least 4 members (excludes halogenated alkanes) is 4. The molecule has 0 saturated carbocycles. The second-order valence-electron chi connectivity index (χ2n) is 5.49. The number of hydrogen-bond donors (Lipinski definition) is 1. The molecule has 0 radical (unpaired) electrons. The van der Waals surface area contributed by atoms with Crippen molar-refractivity contribution in [2.24, 2.45) is 0 Å². The molecular formula is C18H30O2. The van der Waals surface area contributed by atoms with Gasteiger partial charge in [0, 0.05) is 0 Å². The molecular weight excluding hydrogens is 248 g/mol. The van der Waals surface area contributed by atoms with Crippen molar-refractivity contribution in [1.82, 2.24) is 0 Å². The number of aromatic hydroxyl groups is 1. The molecule has 1 N–H and O–H groups in total. The zero-order chi connectivity index (χ0) is 14.6. The van der Waals surface area contributed by atoms with Crippen LogP contribution in [0.3, 0.4) is 0 Å². The van der Waals surface area contributed by atoms with E-state index in [0.29, 0.717) is 5.75 Å². The van der Waals surface area contributed by atoms with E-state index in [-0.39, 0.29) is 0 Å². The number of aryl methyl sites for hydroxylation is 2. The van der Waals surface area contributed by atoms with E-state index >= 15 is 0 Å². The van der Waals surface area contributed by atoms with Crippen LogP contribution < -0.4 is 0 Å². The zero-order valence-corrected chi connectivity index (χ0v) is 13.2. The van der Waals surface area contributed by atoms with E-state index in [1.807, 2.05) is 6.07 Å². The Labute approximate surface area is 124 Å². The largest absolute Gasteiger partial charge is 0.508 e. The summed E-state index contributed by atoms with van der Waals surface area (Å²) in [4.78, 5) is 0.